The van der Waals surface area contributed by atoms with Crippen molar-refractivity contribution in [2.24, 2.45) is 0 Å². The number of hydrogen-bond donors (Lipinski definition) is 2. The number of halogens is 1. The summed E-state index contributed by atoms with van der Waals surface area (Å²) in [6, 6.07) is 6.98. The zero-order valence-electron chi connectivity index (χ0n) is 10.6. The highest BCUT2D eigenvalue weighted by molar-refractivity contribution is 8.01. The molecule has 0 saturated carbocycles. The summed E-state index contributed by atoms with van der Waals surface area (Å²) < 4.78 is 0.499. The first-order chi connectivity index (χ1) is 10.0. The number of nitrogens with zero attached hydrogens (tertiary/aromatic N) is 2. The predicted molar refractivity (Wildman–Crippen MR) is 82.1 cm³/mol. The minimum Gasteiger partial charge on any atom is -0.481 e. The number of amides is 1. The van der Waals surface area contributed by atoms with E-state index in [1.807, 2.05) is 0 Å². The smallest absolute Gasteiger partial charge is 0.313 e. The molecular weight excluding hydrogens is 334 g/mol. The molecule has 0 aliphatic rings. The van der Waals surface area contributed by atoms with Crippen molar-refractivity contribution in [2.45, 2.75) is 10.8 Å². The van der Waals surface area contributed by atoms with Gasteiger partial charge in [0.1, 0.15) is 0 Å². The number of carboxylic acid groups (broad SMARTS) is 1. The third-order valence-corrected chi connectivity index (χ3v) is 4.46. The summed E-state index contributed by atoms with van der Waals surface area (Å²) in [5.74, 6) is -1.24. The lowest BCUT2D eigenvalue weighted by atomic mass is 10.1. The van der Waals surface area contributed by atoms with Gasteiger partial charge in [-0.25, -0.2) is 0 Å². The number of thioether (sulfide) groups is 1. The molecule has 1 aromatic heterocycles. The summed E-state index contributed by atoms with van der Waals surface area (Å²) in [6.07, 6.45) is 0.203. The molecule has 0 aliphatic heterocycles. The second kappa shape index (κ2) is 7.39. The van der Waals surface area contributed by atoms with E-state index in [0.717, 1.165) is 28.7 Å². The van der Waals surface area contributed by atoms with Crippen molar-refractivity contribution in [1.29, 1.82) is 0 Å². The lowest BCUT2D eigenvalue weighted by Crippen LogP contribution is -2.14. The number of nitrogens with one attached hydrogen (secondary N) is 1. The second-order valence-corrected chi connectivity index (χ2v) is 6.54. The van der Waals surface area contributed by atoms with E-state index < -0.39 is 5.97 Å². The molecule has 0 saturated heterocycles. The first-order valence-electron chi connectivity index (χ1n) is 5.75. The van der Waals surface area contributed by atoms with Gasteiger partial charge in [-0.1, -0.05) is 46.8 Å². The lowest BCUT2D eigenvalue weighted by molar-refractivity contribution is -0.133. The molecule has 0 bridgehead atoms. The van der Waals surface area contributed by atoms with Gasteiger partial charge in [-0.15, -0.1) is 10.2 Å². The van der Waals surface area contributed by atoms with E-state index in [1.54, 1.807) is 24.3 Å². The Labute approximate surface area is 133 Å². The molecule has 2 aromatic rings. The molecule has 0 unspecified atom stereocenters. The molecule has 21 heavy (non-hydrogen) atoms. The maximum atomic E-state index is 11.8. The van der Waals surface area contributed by atoms with Crippen molar-refractivity contribution in [1.82, 2.24) is 10.2 Å². The van der Waals surface area contributed by atoms with E-state index in [4.69, 9.17) is 16.7 Å². The Bertz CT molecular complexity index is 645. The van der Waals surface area contributed by atoms with Crippen LogP contribution in [-0.4, -0.2) is 32.9 Å². The van der Waals surface area contributed by atoms with Gasteiger partial charge in [0.2, 0.25) is 11.0 Å². The van der Waals surface area contributed by atoms with Gasteiger partial charge in [-0.3, -0.25) is 9.59 Å². The van der Waals surface area contributed by atoms with Gasteiger partial charge in [0.15, 0.2) is 4.34 Å². The van der Waals surface area contributed by atoms with E-state index >= 15 is 0 Å². The summed E-state index contributed by atoms with van der Waals surface area (Å²) in [7, 11) is 0. The fourth-order valence-corrected chi connectivity index (χ4v) is 3.01. The topological polar surface area (TPSA) is 92.2 Å². The number of aromatic nitrogens is 2. The van der Waals surface area contributed by atoms with Crippen molar-refractivity contribution in [3.8, 4) is 0 Å². The highest BCUT2D eigenvalue weighted by atomic mass is 35.5. The molecule has 1 amide bonds. The van der Waals surface area contributed by atoms with Crippen LogP contribution in [-0.2, 0) is 16.0 Å². The van der Waals surface area contributed by atoms with Crippen LogP contribution in [0.4, 0.5) is 5.13 Å². The molecule has 1 heterocycles. The fraction of sp³-hybridized carbons (Fsp3) is 0.167. The van der Waals surface area contributed by atoms with Gasteiger partial charge in [-0.05, 0) is 17.7 Å². The molecular formula is C12H10ClN3O3S2. The number of anilines is 1. The van der Waals surface area contributed by atoms with E-state index in [2.05, 4.69) is 15.5 Å². The monoisotopic (exact) mass is 343 g/mol. The maximum absolute atomic E-state index is 11.8. The van der Waals surface area contributed by atoms with Crippen LogP contribution in [0.5, 0.6) is 0 Å². The van der Waals surface area contributed by atoms with Crippen LogP contribution in [0.15, 0.2) is 28.6 Å². The highest BCUT2D eigenvalue weighted by Gasteiger charge is 2.10. The minimum absolute atomic E-state index is 0.0899. The van der Waals surface area contributed by atoms with Crippen LogP contribution >= 0.6 is 34.7 Å². The molecule has 2 N–H and O–H groups in total. The summed E-state index contributed by atoms with van der Waals surface area (Å²) in [5.41, 5.74) is 0.835. The molecule has 0 radical (unpaired) electrons. The first-order valence-corrected chi connectivity index (χ1v) is 7.93. The van der Waals surface area contributed by atoms with Crippen LogP contribution in [0.2, 0.25) is 5.02 Å². The van der Waals surface area contributed by atoms with Crippen LogP contribution in [0.25, 0.3) is 0 Å². The Balaban J connectivity index is 1.87. The average molecular weight is 344 g/mol. The normalized spacial score (nSPS) is 10.3. The van der Waals surface area contributed by atoms with E-state index in [0.29, 0.717) is 14.5 Å². The Morgan fingerprint density at radius 2 is 2.00 bits per heavy atom. The van der Waals surface area contributed by atoms with Crippen LogP contribution < -0.4 is 5.32 Å². The Hall–Kier alpha value is -1.64. The maximum Gasteiger partial charge on any atom is 0.313 e. The second-order valence-electron chi connectivity index (χ2n) is 3.91. The van der Waals surface area contributed by atoms with Crippen molar-refractivity contribution < 1.29 is 14.7 Å². The molecule has 0 atom stereocenters. The summed E-state index contributed by atoms with van der Waals surface area (Å²) >= 11 is 7.97. The van der Waals surface area contributed by atoms with Crippen LogP contribution in [0.1, 0.15) is 5.56 Å². The number of hydrogen-bond acceptors (Lipinski definition) is 6. The zero-order chi connectivity index (χ0) is 15.2. The van der Waals surface area contributed by atoms with E-state index in [-0.39, 0.29) is 18.1 Å². The average Bonchev–Trinajstić information content (AvgIpc) is 2.86. The molecule has 110 valence electrons. The van der Waals surface area contributed by atoms with Gasteiger partial charge >= 0.3 is 5.97 Å². The minimum atomic E-state index is -0.927. The first kappa shape index (κ1) is 15.7. The van der Waals surface area contributed by atoms with Gasteiger partial charge in [0.25, 0.3) is 0 Å². The summed E-state index contributed by atoms with van der Waals surface area (Å²) in [5, 5.41) is 19.7. The van der Waals surface area contributed by atoms with Crippen molar-refractivity contribution >= 4 is 51.7 Å². The Kier molecular flexibility index (Phi) is 5.54. The molecule has 0 aliphatic carbocycles. The molecule has 9 heteroatoms. The van der Waals surface area contributed by atoms with E-state index in [1.165, 1.54) is 0 Å². The molecule has 0 fully saturated rings. The Morgan fingerprint density at radius 1 is 1.29 bits per heavy atom. The fourth-order valence-electron chi connectivity index (χ4n) is 1.39. The number of carbonyl (C=O) groups is 2. The van der Waals surface area contributed by atoms with Crippen molar-refractivity contribution in [2.75, 3.05) is 11.1 Å². The molecule has 6 nitrogen and oxygen atoms in total. The molecule has 1 aromatic carbocycles. The van der Waals surface area contributed by atoms with Gasteiger partial charge in [0, 0.05) is 5.02 Å². The standard InChI is InChI=1S/C12H10ClN3O3S2/c13-8-3-1-7(2-4-8)5-9(17)14-11-15-16-12(21-11)20-6-10(18)19/h1-4H,5-6H2,(H,18,19)(H,14,15,17). The molecule has 0 spiro atoms. The number of rotatable bonds is 6. The predicted octanol–water partition coefficient (Wildman–Crippen LogP) is 2.55. The summed E-state index contributed by atoms with van der Waals surface area (Å²) in [4.78, 5) is 22.3. The third-order valence-electron chi connectivity index (χ3n) is 2.25. The van der Waals surface area contributed by atoms with E-state index in [9.17, 15) is 9.59 Å². The Morgan fingerprint density at radius 3 is 2.67 bits per heavy atom. The van der Waals surface area contributed by atoms with Gasteiger partial charge in [0.05, 0.1) is 12.2 Å². The lowest BCUT2D eigenvalue weighted by Gasteiger charge is -2.01. The van der Waals surface area contributed by atoms with Gasteiger partial charge in [-0.2, -0.15) is 0 Å². The number of carbonyl (C=O) groups excluding carboxylic acids is 1. The quantitative estimate of drug-likeness (QED) is 0.618. The number of aliphatic carboxylic acids is 1. The number of benzene rings is 1. The largest absolute Gasteiger partial charge is 0.481 e. The molecule has 2 rings (SSSR count). The van der Waals surface area contributed by atoms with Crippen LogP contribution in [0.3, 0.4) is 0 Å². The van der Waals surface area contributed by atoms with Gasteiger partial charge < -0.3 is 10.4 Å². The van der Waals surface area contributed by atoms with Crippen LogP contribution in [0, 0.1) is 0 Å². The highest BCUT2D eigenvalue weighted by Crippen LogP contribution is 2.25. The number of carboxylic acids is 1. The SMILES string of the molecule is O=C(O)CSc1nnc(NC(=O)Cc2ccc(Cl)cc2)s1. The summed E-state index contributed by atoms with van der Waals surface area (Å²) in [6.45, 7) is 0. The third kappa shape index (κ3) is 5.33. The zero-order valence-corrected chi connectivity index (χ0v) is 13.0. The van der Waals surface area contributed by atoms with Crippen molar-refractivity contribution in [3.63, 3.8) is 0 Å². The van der Waals surface area contributed by atoms with Crippen molar-refractivity contribution in [3.05, 3.63) is 34.9 Å².